The molecule has 8 aromatic rings. The Morgan fingerprint density at radius 2 is 0.984 bits per heavy atom. The summed E-state index contributed by atoms with van der Waals surface area (Å²) in [5.41, 5.74) is 17.3. The van der Waals surface area contributed by atoms with Gasteiger partial charge in [0, 0.05) is 35.5 Å². The topological polar surface area (TPSA) is 207 Å². The maximum absolute atomic E-state index is 13.4. The molecule has 1 amide bonds. The van der Waals surface area contributed by atoms with Crippen molar-refractivity contribution in [3.05, 3.63) is 166 Å². The Kier molecular flexibility index (Phi) is 13.1. The van der Waals surface area contributed by atoms with Gasteiger partial charge in [-0.3, -0.25) is 18.7 Å². The number of aromatic nitrogens is 8. The minimum absolute atomic E-state index is 0.179. The van der Waals surface area contributed by atoms with Crippen LogP contribution in [0.3, 0.4) is 0 Å². The lowest BCUT2D eigenvalue weighted by Gasteiger charge is -2.15. The van der Waals surface area contributed by atoms with E-state index in [0.717, 1.165) is 11.8 Å². The zero-order valence-corrected chi connectivity index (χ0v) is 34.7. The smallest absolute Gasteiger partial charge is 0.339 e. The highest BCUT2D eigenvalue weighted by Gasteiger charge is 2.22. The molecule has 19 heteroatoms. The molecule has 308 valence electrons. The van der Waals surface area contributed by atoms with Crippen molar-refractivity contribution in [3.8, 4) is 22.7 Å². The van der Waals surface area contributed by atoms with Gasteiger partial charge in [0.2, 0.25) is 11.1 Å². The standard InChI is InChI=1S/C21H17ClN6O2.C18H15ClN6O.C3H3ClO/c1-3-17(29)26(2)14-8-10-16(11-9-14)28-20-18(19(23)24-12-25-20)27(21(28)30)15-6-4-13(22)5-7-15;1-21-12-4-8-14(9-5-12)25-17-15(16(20)22-10-23-17)24(18(25)26)13-6-2-11(19)3-7-13;1-2-3(4)5/h3-12H,1H2,2H3,(H2,23,24,25);2-10,21H,1H3,(H2,20,22,23);2H,1H2. The van der Waals surface area contributed by atoms with Gasteiger partial charge in [0.25, 0.3) is 0 Å². The molecule has 0 aliphatic carbocycles. The normalized spacial score (nSPS) is 10.6. The molecule has 16 nitrogen and oxygen atoms in total. The molecule has 4 heterocycles. The highest BCUT2D eigenvalue weighted by molar-refractivity contribution is 6.66. The third kappa shape index (κ3) is 8.91. The lowest BCUT2D eigenvalue weighted by atomic mass is 10.2. The van der Waals surface area contributed by atoms with E-state index >= 15 is 0 Å². The van der Waals surface area contributed by atoms with Crippen LogP contribution in [-0.2, 0) is 9.59 Å². The molecule has 0 atom stereocenters. The number of rotatable bonds is 8. The Hall–Kier alpha value is -7.53. The van der Waals surface area contributed by atoms with E-state index in [9.17, 15) is 19.2 Å². The van der Waals surface area contributed by atoms with Crippen molar-refractivity contribution in [2.24, 2.45) is 0 Å². The average Bonchev–Trinajstić information content (AvgIpc) is 3.75. The summed E-state index contributed by atoms with van der Waals surface area (Å²) in [4.78, 5) is 66.0. The van der Waals surface area contributed by atoms with E-state index in [1.807, 2.05) is 31.3 Å². The van der Waals surface area contributed by atoms with Gasteiger partial charge in [-0.25, -0.2) is 38.7 Å². The summed E-state index contributed by atoms with van der Waals surface area (Å²) in [5, 5.41) is 3.67. The third-order valence-electron chi connectivity index (χ3n) is 9.04. The Labute approximate surface area is 362 Å². The first-order valence-corrected chi connectivity index (χ1v) is 19.0. The number of carbonyl (C=O) groups excluding carboxylic acids is 2. The zero-order chi connectivity index (χ0) is 44.0. The monoisotopic (exact) mass is 876 g/mol. The number of fused-ring (bicyclic) bond motifs is 2. The van der Waals surface area contributed by atoms with Crippen molar-refractivity contribution in [2.45, 2.75) is 0 Å². The molecule has 8 rings (SSSR count). The fourth-order valence-electron chi connectivity index (χ4n) is 6.09. The van der Waals surface area contributed by atoms with Crippen LogP contribution in [0, 0.1) is 0 Å². The van der Waals surface area contributed by atoms with Crippen molar-refractivity contribution in [1.29, 1.82) is 0 Å². The van der Waals surface area contributed by atoms with Crippen molar-refractivity contribution in [2.75, 3.05) is 35.8 Å². The number of benzene rings is 4. The second-order valence-electron chi connectivity index (χ2n) is 12.6. The highest BCUT2D eigenvalue weighted by Crippen LogP contribution is 2.26. The largest absolute Gasteiger partial charge is 0.388 e. The van der Waals surface area contributed by atoms with E-state index in [4.69, 9.17) is 46.3 Å². The van der Waals surface area contributed by atoms with E-state index in [-0.39, 0.29) is 28.9 Å². The minimum Gasteiger partial charge on any atom is -0.388 e. The molecular formula is C42H35Cl3N12O4. The number of hydrogen-bond donors (Lipinski definition) is 3. The van der Waals surface area contributed by atoms with Gasteiger partial charge in [0.05, 0.1) is 22.7 Å². The number of imidazole rings is 2. The molecule has 5 N–H and O–H groups in total. The molecule has 0 radical (unpaired) electrons. The molecule has 61 heavy (non-hydrogen) atoms. The molecule has 0 aliphatic heterocycles. The number of allylic oxidation sites excluding steroid dienone is 1. The first-order valence-electron chi connectivity index (χ1n) is 17.9. The minimum atomic E-state index is -0.509. The molecule has 0 bridgehead atoms. The Morgan fingerprint density at radius 3 is 1.34 bits per heavy atom. The Morgan fingerprint density at radius 1 is 0.623 bits per heavy atom. The first-order chi connectivity index (χ1) is 29.3. The van der Waals surface area contributed by atoms with E-state index in [1.165, 1.54) is 41.9 Å². The zero-order valence-electron chi connectivity index (χ0n) is 32.4. The van der Waals surface area contributed by atoms with E-state index in [1.54, 1.807) is 79.8 Å². The highest BCUT2D eigenvalue weighted by atomic mass is 35.5. The van der Waals surface area contributed by atoms with Crippen molar-refractivity contribution >= 4 is 91.3 Å². The van der Waals surface area contributed by atoms with Gasteiger partial charge in [0.1, 0.15) is 23.7 Å². The fourth-order valence-corrected chi connectivity index (χ4v) is 6.34. The number of nitrogens with zero attached hydrogens (tertiary/aromatic N) is 9. The number of likely N-dealkylation sites (N-methyl/N-ethyl adjacent to an activating group) is 1. The molecule has 0 fully saturated rings. The molecule has 0 saturated carbocycles. The van der Waals surface area contributed by atoms with Crippen LogP contribution in [0.4, 0.5) is 23.0 Å². The molecule has 0 saturated heterocycles. The van der Waals surface area contributed by atoms with Gasteiger partial charge in [0.15, 0.2) is 22.9 Å². The maximum atomic E-state index is 13.4. The van der Waals surface area contributed by atoms with Crippen LogP contribution in [0.1, 0.15) is 0 Å². The number of nitrogen functional groups attached to an aromatic ring is 2. The number of nitrogens with two attached hydrogens (primary N) is 2. The number of halogens is 3. The number of amides is 1. The van der Waals surface area contributed by atoms with Crippen LogP contribution in [0.5, 0.6) is 0 Å². The summed E-state index contributed by atoms with van der Waals surface area (Å²) in [6, 6.07) is 28.2. The van der Waals surface area contributed by atoms with E-state index < -0.39 is 5.24 Å². The maximum Gasteiger partial charge on any atom is 0.339 e. The van der Waals surface area contributed by atoms with Crippen LogP contribution >= 0.6 is 34.8 Å². The quantitative estimate of drug-likeness (QED) is 0.108. The van der Waals surface area contributed by atoms with Gasteiger partial charge in [-0.05, 0) is 121 Å². The fraction of sp³-hybridized carbons (Fsp3) is 0.0476. The van der Waals surface area contributed by atoms with Gasteiger partial charge in [-0.15, -0.1) is 0 Å². The molecule has 0 spiro atoms. The summed E-state index contributed by atoms with van der Waals surface area (Å²) in [5.74, 6) is 0.172. The lowest BCUT2D eigenvalue weighted by molar-refractivity contribution is -0.114. The second-order valence-corrected chi connectivity index (χ2v) is 13.9. The van der Waals surface area contributed by atoms with Gasteiger partial charge in [-0.2, -0.15) is 0 Å². The van der Waals surface area contributed by atoms with Crippen molar-refractivity contribution < 1.29 is 9.59 Å². The number of anilines is 4. The number of nitrogens with one attached hydrogen (secondary N) is 1. The predicted octanol–water partition coefficient (Wildman–Crippen LogP) is 6.74. The summed E-state index contributed by atoms with van der Waals surface area (Å²) < 4.78 is 5.90. The van der Waals surface area contributed by atoms with E-state index in [2.05, 4.69) is 38.4 Å². The third-order valence-corrected chi connectivity index (χ3v) is 9.70. The second kappa shape index (κ2) is 18.6. The summed E-state index contributed by atoms with van der Waals surface area (Å²) in [7, 11) is 3.48. The molecule has 0 unspecified atom stereocenters. The first kappa shape index (κ1) is 43.1. The van der Waals surface area contributed by atoms with Gasteiger partial charge in [-0.1, -0.05) is 36.4 Å². The van der Waals surface area contributed by atoms with Crippen LogP contribution < -0.4 is 33.1 Å². The molecule has 0 aliphatic rings. The SMILES string of the molecule is C=CC(=O)Cl.C=CC(=O)N(C)c1ccc(-n2c(=O)n(-c3ccc(Cl)cc3)c3c(N)ncnc32)cc1.CNc1ccc(-n2c(=O)n(-c3ccc(Cl)cc3)c3c(N)ncnc32)cc1. The van der Waals surface area contributed by atoms with Crippen molar-refractivity contribution in [1.82, 2.24) is 38.2 Å². The average molecular weight is 878 g/mol. The van der Waals surface area contributed by atoms with Gasteiger partial charge >= 0.3 is 11.4 Å². The molecular weight excluding hydrogens is 843 g/mol. The lowest BCUT2D eigenvalue weighted by Crippen LogP contribution is -2.24. The predicted molar refractivity (Wildman–Crippen MR) is 242 cm³/mol. The van der Waals surface area contributed by atoms with Crippen molar-refractivity contribution in [3.63, 3.8) is 0 Å². The summed E-state index contributed by atoms with van der Waals surface area (Å²) in [6.07, 6.45) is 4.94. The molecule has 4 aromatic carbocycles. The van der Waals surface area contributed by atoms with Crippen LogP contribution in [0.25, 0.3) is 45.1 Å². The van der Waals surface area contributed by atoms with Gasteiger partial charge < -0.3 is 21.7 Å². The van der Waals surface area contributed by atoms with Crippen LogP contribution in [0.2, 0.25) is 10.0 Å². The number of carbonyl (C=O) groups is 2. The van der Waals surface area contributed by atoms with Crippen LogP contribution in [0.15, 0.2) is 145 Å². The Bertz CT molecular complexity index is 3030. The molecule has 4 aromatic heterocycles. The summed E-state index contributed by atoms with van der Waals surface area (Å²) in [6.45, 7) is 6.57. The van der Waals surface area contributed by atoms with Crippen LogP contribution in [-0.4, -0.2) is 63.4 Å². The number of hydrogen-bond acceptors (Lipinski definition) is 11. The van der Waals surface area contributed by atoms with E-state index in [0.29, 0.717) is 60.8 Å². The Balaban J connectivity index is 0.000000185. The summed E-state index contributed by atoms with van der Waals surface area (Å²) >= 11 is 16.7.